The fourth-order valence-electron chi connectivity index (χ4n) is 7.84. The molecular formula is C20H20F4O5. The molecule has 0 aromatic carbocycles. The molecule has 4 aliphatic heterocycles. The first-order chi connectivity index (χ1) is 13.4. The van der Waals surface area contributed by atoms with Crippen LogP contribution < -0.4 is 0 Å². The summed E-state index contributed by atoms with van der Waals surface area (Å²) in [5.74, 6) is -8.84. The maximum absolute atomic E-state index is 16.0. The van der Waals surface area contributed by atoms with E-state index in [0.29, 0.717) is 0 Å². The largest absolute Gasteiger partial charge is 0.458 e. The minimum atomic E-state index is -3.46. The predicted octanol–water partition coefficient (Wildman–Crippen LogP) is 2.62. The van der Waals surface area contributed by atoms with Crippen LogP contribution in [-0.4, -0.2) is 59.5 Å². The Bertz CT molecular complexity index is 947. The monoisotopic (exact) mass is 416 g/mol. The molecule has 3 aliphatic carbocycles. The van der Waals surface area contributed by atoms with Crippen molar-refractivity contribution in [3.05, 3.63) is 11.1 Å². The Morgan fingerprint density at radius 1 is 1.03 bits per heavy atom. The Labute approximate surface area is 163 Å². The summed E-state index contributed by atoms with van der Waals surface area (Å²) in [7, 11) is 0. The summed E-state index contributed by atoms with van der Waals surface area (Å²) in [5.41, 5.74) is -6.87. The zero-order valence-corrected chi connectivity index (χ0v) is 16.1. The SMILES string of the molecule is CC(C)[C@]12O[C@H]1[C@@H]1O[C@@]13[C@@]1(C)CC(F)(F)C4=C(COC4=O)[C@@H]1C[C@@H]1O[C@@]13C2(F)F. The summed E-state index contributed by atoms with van der Waals surface area (Å²) in [4.78, 5) is 12.0. The van der Waals surface area contributed by atoms with Gasteiger partial charge in [-0.2, -0.15) is 8.78 Å². The second-order valence-corrected chi connectivity index (χ2v) is 10.2. The number of alkyl halides is 4. The van der Waals surface area contributed by atoms with Gasteiger partial charge in [0.2, 0.25) is 0 Å². The van der Waals surface area contributed by atoms with Gasteiger partial charge < -0.3 is 18.9 Å². The van der Waals surface area contributed by atoms with Crippen LogP contribution in [0.3, 0.4) is 0 Å². The first-order valence-electron chi connectivity index (χ1n) is 10.1. The minimum absolute atomic E-state index is 0.147. The molecular weight excluding hydrogens is 396 g/mol. The molecule has 4 heterocycles. The van der Waals surface area contributed by atoms with E-state index in [1.807, 2.05) is 0 Å². The van der Waals surface area contributed by atoms with Crippen molar-refractivity contribution in [3.8, 4) is 0 Å². The Balaban J connectivity index is 1.44. The molecule has 0 amide bonds. The highest BCUT2D eigenvalue weighted by Crippen LogP contribution is 2.86. The quantitative estimate of drug-likeness (QED) is 0.374. The highest BCUT2D eigenvalue weighted by atomic mass is 19.3. The van der Waals surface area contributed by atoms with Crippen molar-refractivity contribution in [2.45, 2.75) is 80.6 Å². The first kappa shape index (κ1) is 17.5. The first-order valence-corrected chi connectivity index (χ1v) is 10.1. The molecule has 0 aromatic rings. The van der Waals surface area contributed by atoms with Gasteiger partial charge in [0.15, 0.2) is 11.2 Å². The molecule has 158 valence electrons. The Hall–Kier alpha value is -1.19. The number of carbonyl (C=O) groups excluding carboxylic acids is 1. The molecule has 7 aliphatic rings. The number of fused-ring (bicyclic) bond motifs is 4. The Morgan fingerprint density at radius 3 is 2.45 bits per heavy atom. The number of carbonyl (C=O) groups is 1. The number of hydrogen-bond donors (Lipinski definition) is 0. The summed E-state index contributed by atoms with van der Waals surface area (Å²) in [6.07, 6.45) is -2.97. The predicted molar refractivity (Wildman–Crippen MR) is 86.4 cm³/mol. The number of esters is 1. The minimum Gasteiger partial charge on any atom is -0.458 e. The van der Waals surface area contributed by atoms with Gasteiger partial charge >= 0.3 is 11.9 Å². The number of ether oxygens (including phenoxy) is 4. The highest BCUT2D eigenvalue weighted by Gasteiger charge is 3.06. The smallest absolute Gasteiger partial charge is 0.340 e. The van der Waals surface area contributed by atoms with Crippen molar-refractivity contribution in [3.63, 3.8) is 0 Å². The zero-order chi connectivity index (χ0) is 20.6. The van der Waals surface area contributed by atoms with E-state index in [1.165, 1.54) is 0 Å². The molecule has 9 heteroatoms. The lowest BCUT2D eigenvalue weighted by molar-refractivity contribution is -0.202. The van der Waals surface area contributed by atoms with E-state index in [-0.39, 0.29) is 18.6 Å². The topological polar surface area (TPSA) is 63.9 Å². The third kappa shape index (κ3) is 1.34. The normalized spacial score (nSPS) is 59.0. The van der Waals surface area contributed by atoms with Crippen molar-refractivity contribution in [1.29, 1.82) is 0 Å². The maximum Gasteiger partial charge on any atom is 0.340 e. The van der Waals surface area contributed by atoms with Gasteiger partial charge in [-0.25, -0.2) is 13.6 Å². The average molecular weight is 416 g/mol. The van der Waals surface area contributed by atoms with E-state index < -0.39 is 82.2 Å². The fraction of sp³-hybridized carbons (Fsp3) is 0.850. The molecule has 0 bridgehead atoms. The molecule has 3 saturated heterocycles. The maximum atomic E-state index is 16.0. The van der Waals surface area contributed by atoms with E-state index in [0.717, 1.165) is 0 Å². The van der Waals surface area contributed by atoms with E-state index in [2.05, 4.69) is 0 Å². The van der Waals surface area contributed by atoms with Crippen LogP contribution in [0.5, 0.6) is 0 Å². The number of rotatable bonds is 1. The van der Waals surface area contributed by atoms with Crippen molar-refractivity contribution in [2.75, 3.05) is 6.61 Å². The van der Waals surface area contributed by atoms with Gasteiger partial charge in [-0.3, -0.25) is 0 Å². The molecule has 2 saturated carbocycles. The van der Waals surface area contributed by atoms with Crippen molar-refractivity contribution in [2.24, 2.45) is 17.3 Å². The van der Waals surface area contributed by atoms with E-state index in [1.54, 1.807) is 20.8 Å². The lowest BCUT2D eigenvalue weighted by atomic mass is 9.46. The lowest BCUT2D eigenvalue weighted by Crippen LogP contribution is -2.73. The Kier molecular flexibility index (Phi) is 2.49. The standard InChI is InChI=1S/C20H20F4O5/c1-7(2)17-12(28-17)13-19(29-13)15(3)6-16(21,22)11-8(5-26-14(11)25)9(15)4-10-18(19,27-10)20(17,23)24/h7,9-10,12-13H,4-6H2,1-3H3/t9-,10-,12-,13-,15-,17-,18-,19+/m0/s1. The molecule has 0 radical (unpaired) electrons. The van der Waals surface area contributed by atoms with Crippen LogP contribution in [0.4, 0.5) is 17.6 Å². The summed E-state index contributed by atoms with van der Waals surface area (Å²) in [5, 5.41) is 0. The molecule has 5 fully saturated rings. The van der Waals surface area contributed by atoms with E-state index in [4.69, 9.17) is 18.9 Å². The molecule has 7 rings (SSSR count). The number of halogens is 4. The van der Waals surface area contributed by atoms with Gasteiger partial charge in [0.05, 0.1) is 6.10 Å². The van der Waals surface area contributed by atoms with Gasteiger partial charge in [0.25, 0.3) is 5.92 Å². The molecule has 29 heavy (non-hydrogen) atoms. The van der Waals surface area contributed by atoms with Crippen molar-refractivity contribution >= 4 is 5.97 Å². The zero-order valence-electron chi connectivity index (χ0n) is 16.1. The molecule has 0 aromatic heterocycles. The van der Waals surface area contributed by atoms with Crippen LogP contribution in [0.2, 0.25) is 0 Å². The number of epoxide rings is 3. The number of hydrogen-bond acceptors (Lipinski definition) is 5. The van der Waals surface area contributed by atoms with Crippen LogP contribution in [0.25, 0.3) is 0 Å². The summed E-state index contributed by atoms with van der Waals surface area (Å²) in [6.45, 7) is 4.73. The Morgan fingerprint density at radius 2 is 1.76 bits per heavy atom. The molecule has 0 N–H and O–H groups in total. The second-order valence-electron chi connectivity index (χ2n) is 10.2. The van der Waals surface area contributed by atoms with Crippen LogP contribution in [0.15, 0.2) is 11.1 Å². The molecule has 0 unspecified atom stereocenters. The van der Waals surface area contributed by atoms with Gasteiger partial charge in [-0.15, -0.1) is 0 Å². The fourth-order valence-corrected chi connectivity index (χ4v) is 7.84. The van der Waals surface area contributed by atoms with Gasteiger partial charge in [-0.1, -0.05) is 20.8 Å². The van der Waals surface area contributed by atoms with Gasteiger partial charge in [0, 0.05) is 11.8 Å². The summed E-state index contributed by atoms with van der Waals surface area (Å²) in [6, 6.07) is 0. The van der Waals surface area contributed by atoms with Crippen LogP contribution in [0.1, 0.15) is 33.6 Å². The van der Waals surface area contributed by atoms with E-state index >= 15 is 17.6 Å². The van der Waals surface area contributed by atoms with Crippen LogP contribution >= 0.6 is 0 Å². The van der Waals surface area contributed by atoms with E-state index in [9.17, 15) is 4.79 Å². The van der Waals surface area contributed by atoms with Crippen molar-refractivity contribution in [1.82, 2.24) is 0 Å². The van der Waals surface area contributed by atoms with Gasteiger partial charge in [0.1, 0.15) is 30.0 Å². The van der Waals surface area contributed by atoms with Gasteiger partial charge in [-0.05, 0) is 23.8 Å². The molecule has 8 atom stereocenters. The second kappa shape index (κ2) is 4.12. The van der Waals surface area contributed by atoms with Crippen LogP contribution in [-0.2, 0) is 23.7 Å². The summed E-state index contributed by atoms with van der Waals surface area (Å²) < 4.78 is 84.6. The van der Waals surface area contributed by atoms with Crippen molar-refractivity contribution < 1.29 is 41.3 Å². The van der Waals surface area contributed by atoms with Crippen LogP contribution in [0, 0.1) is 17.3 Å². The average Bonchev–Trinajstić information content (AvgIpc) is 3.47. The third-order valence-electron chi connectivity index (χ3n) is 9.04. The molecule has 2 spiro atoms. The lowest BCUT2D eigenvalue weighted by Gasteiger charge is -2.54. The highest BCUT2D eigenvalue weighted by molar-refractivity contribution is 5.94. The molecule has 5 nitrogen and oxygen atoms in total. The third-order valence-corrected chi connectivity index (χ3v) is 9.04. The summed E-state index contributed by atoms with van der Waals surface area (Å²) >= 11 is 0. The number of cyclic esters (lactones) is 1.